The van der Waals surface area contributed by atoms with E-state index in [0.717, 1.165) is 12.0 Å². The number of benzene rings is 1. The Kier molecular flexibility index (Phi) is 3.89. The lowest BCUT2D eigenvalue weighted by Crippen LogP contribution is -1.98. The Morgan fingerprint density at radius 1 is 1.40 bits per heavy atom. The van der Waals surface area contributed by atoms with Crippen molar-refractivity contribution >= 4 is 6.29 Å². The SMILES string of the molecule is COc1cc(C(C)CC=O)cc(C)c1C. The normalized spacial score (nSPS) is 12.3. The van der Waals surface area contributed by atoms with Crippen molar-refractivity contribution in [1.82, 2.24) is 0 Å². The van der Waals surface area contributed by atoms with Gasteiger partial charge in [-0.05, 0) is 42.5 Å². The van der Waals surface area contributed by atoms with Crippen molar-refractivity contribution in [1.29, 1.82) is 0 Å². The maximum atomic E-state index is 10.5. The second-order valence-corrected chi connectivity index (χ2v) is 3.97. The number of methoxy groups -OCH3 is 1. The minimum absolute atomic E-state index is 0.260. The molecule has 15 heavy (non-hydrogen) atoms. The van der Waals surface area contributed by atoms with Gasteiger partial charge in [-0.2, -0.15) is 0 Å². The third-order valence-electron chi connectivity index (χ3n) is 2.88. The molecule has 0 heterocycles. The molecule has 0 aliphatic heterocycles. The summed E-state index contributed by atoms with van der Waals surface area (Å²) < 4.78 is 5.31. The first-order chi connectivity index (χ1) is 7.10. The van der Waals surface area contributed by atoms with Crippen LogP contribution in [0, 0.1) is 13.8 Å². The number of carbonyl (C=O) groups excluding carboxylic acids is 1. The van der Waals surface area contributed by atoms with Gasteiger partial charge < -0.3 is 9.53 Å². The first-order valence-corrected chi connectivity index (χ1v) is 5.19. The Morgan fingerprint density at radius 3 is 2.60 bits per heavy atom. The zero-order chi connectivity index (χ0) is 11.4. The second-order valence-electron chi connectivity index (χ2n) is 3.97. The van der Waals surface area contributed by atoms with E-state index < -0.39 is 0 Å². The summed E-state index contributed by atoms with van der Waals surface area (Å²) in [4.78, 5) is 10.5. The van der Waals surface area contributed by atoms with Crippen LogP contribution in [0.15, 0.2) is 12.1 Å². The molecule has 1 rings (SSSR count). The molecule has 2 nitrogen and oxygen atoms in total. The molecule has 1 aromatic rings. The average molecular weight is 206 g/mol. The predicted molar refractivity (Wildman–Crippen MR) is 61.6 cm³/mol. The van der Waals surface area contributed by atoms with Gasteiger partial charge in [-0.3, -0.25) is 0 Å². The third kappa shape index (κ3) is 2.58. The van der Waals surface area contributed by atoms with E-state index in [4.69, 9.17) is 4.74 Å². The number of rotatable bonds is 4. The summed E-state index contributed by atoms with van der Waals surface area (Å²) in [6.45, 7) is 6.16. The van der Waals surface area contributed by atoms with Crippen LogP contribution in [0.4, 0.5) is 0 Å². The summed E-state index contributed by atoms with van der Waals surface area (Å²) >= 11 is 0. The predicted octanol–water partition coefficient (Wildman–Crippen LogP) is 3.00. The summed E-state index contributed by atoms with van der Waals surface area (Å²) in [5.74, 6) is 1.17. The minimum atomic E-state index is 0.260. The molecular formula is C13H18O2. The molecule has 1 atom stereocenters. The summed E-state index contributed by atoms with van der Waals surface area (Å²) in [5, 5.41) is 0. The van der Waals surface area contributed by atoms with Gasteiger partial charge in [0.1, 0.15) is 12.0 Å². The van der Waals surface area contributed by atoms with Gasteiger partial charge in [0.15, 0.2) is 0 Å². The molecule has 1 aromatic carbocycles. The molecule has 82 valence electrons. The quantitative estimate of drug-likeness (QED) is 0.708. The van der Waals surface area contributed by atoms with Gasteiger partial charge in [-0.15, -0.1) is 0 Å². The smallest absolute Gasteiger partial charge is 0.122 e. The standard InChI is InChI=1S/C13H18O2/c1-9(5-6-14)12-7-10(2)11(3)13(8-12)15-4/h6-9H,5H2,1-4H3. The van der Waals surface area contributed by atoms with Gasteiger partial charge in [-0.25, -0.2) is 0 Å². The molecule has 0 aliphatic rings. The van der Waals surface area contributed by atoms with Gasteiger partial charge in [0, 0.05) is 6.42 Å². The number of aryl methyl sites for hydroxylation is 1. The molecule has 0 amide bonds. The molecule has 0 spiro atoms. The first kappa shape index (κ1) is 11.8. The molecule has 0 aromatic heterocycles. The number of hydrogen-bond donors (Lipinski definition) is 0. The van der Waals surface area contributed by atoms with E-state index in [1.165, 1.54) is 16.7 Å². The number of ether oxygens (including phenoxy) is 1. The topological polar surface area (TPSA) is 26.3 Å². The van der Waals surface area contributed by atoms with Gasteiger partial charge in [-0.1, -0.05) is 13.0 Å². The third-order valence-corrected chi connectivity index (χ3v) is 2.88. The van der Waals surface area contributed by atoms with Crippen molar-refractivity contribution in [2.24, 2.45) is 0 Å². The Balaban J connectivity index is 3.10. The molecule has 0 fully saturated rings. The van der Waals surface area contributed by atoms with Crippen molar-refractivity contribution in [3.63, 3.8) is 0 Å². The zero-order valence-corrected chi connectivity index (χ0v) is 9.83. The van der Waals surface area contributed by atoms with Crippen LogP contribution in [-0.4, -0.2) is 13.4 Å². The van der Waals surface area contributed by atoms with Crippen LogP contribution in [-0.2, 0) is 4.79 Å². The first-order valence-electron chi connectivity index (χ1n) is 5.19. The highest BCUT2D eigenvalue weighted by molar-refractivity contribution is 5.52. The van der Waals surface area contributed by atoms with Gasteiger partial charge >= 0.3 is 0 Å². The summed E-state index contributed by atoms with van der Waals surface area (Å²) in [6, 6.07) is 4.16. The Hall–Kier alpha value is -1.31. The largest absolute Gasteiger partial charge is 0.496 e. The minimum Gasteiger partial charge on any atom is -0.496 e. The van der Waals surface area contributed by atoms with E-state index in [-0.39, 0.29) is 5.92 Å². The highest BCUT2D eigenvalue weighted by atomic mass is 16.5. The van der Waals surface area contributed by atoms with Crippen LogP contribution in [0.3, 0.4) is 0 Å². The van der Waals surface area contributed by atoms with Crippen LogP contribution in [0.2, 0.25) is 0 Å². The highest BCUT2D eigenvalue weighted by Gasteiger charge is 2.09. The molecule has 0 saturated carbocycles. The molecular weight excluding hydrogens is 188 g/mol. The number of carbonyl (C=O) groups is 1. The lowest BCUT2D eigenvalue weighted by atomic mass is 9.94. The molecule has 0 bridgehead atoms. The highest BCUT2D eigenvalue weighted by Crippen LogP contribution is 2.28. The molecule has 2 heteroatoms. The van der Waals surface area contributed by atoms with E-state index in [9.17, 15) is 4.79 Å². The van der Waals surface area contributed by atoms with E-state index in [2.05, 4.69) is 19.9 Å². The van der Waals surface area contributed by atoms with Crippen molar-refractivity contribution in [2.75, 3.05) is 7.11 Å². The molecule has 0 N–H and O–H groups in total. The van der Waals surface area contributed by atoms with E-state index in [1.54, 1.807) is 7.11 Å². The van der Waals surface area contributed by atoms with Crippen LogP contribution < -0.4 is 4.74 Å². The van der Waals surface area contributed by atoms with E-state index in [0.29, 0.717) is 6.42 Å². The van der Waals surface area contributed by atoms with Crippen LogP contribution in [0.1, 0.15) is 36.0 Å². The Morgan fingerprint density at radius 2 is 2.07 bits per heavy atom. The van der Waals surface area contributed by atoms with Crippen LogP contribution in [0.5, 0.6) is 5.75 Å². The Labute approximate surface area is 91.3 Å². The fourth-order valence-electron chi connectivity index (χ4n) is 1.63. The summed E-state index contributed by atoms with van der Waals surface area (Å²) in [5.41, 5.74) is 3.55. The van der Waals surface area contributed by atoms with Gasteiger partial charge in [0.05, 0.1) is 7.11 Å². The molecule has 1 unspecified atom stereocenters. The lowest BCUT2D eigenvalue weighted by Gasteiger charge is -2.14. The second kappa shape index (κ2) is 4.96. The molecule has 0 radical (unpaired) electrons. The van der Waals surface area contributed by atoms with Crippen molar-refractivity contribution in [3.8, 4) is 5.75 Å². The Bertz CT molecular complexity index is 356. The monoisotopic (exact) mass is 206 g/mol. The zero-order valence-electron chi connectivity index (χ0n) is 9.83. The van der Waals surface area contributed by atoms with Crippen LogP contribution >= 0.6 is 0 Å². The maximum Gasteiger partial charge on any atom is 0.122 e. The summed E-state index contributed by atoms with van der Waals surface area (Å²) in [6.07, 6.45) is 1.53. The molecule has 0 aliphatic carbocycles. The number of aldehydes is 1. The van der Waals surface area contributed by atoms with Crippen molar-refractivity contribution < 1.29 is 9.53 Å². The van der Waals surface area contributed by atoms with Crippen LogP contribution in [0.25, 0.3) is 0 Å². The summed E-state index contributed by atoms with van der Waals surface area (Å²) in [7, 11) is 1.68. The molecule has 0 saturated heterocycles. The van der Waals surface area contributed by atoms with E-state index >= 15 is 0 Å². The fraction of sp³-hybridized carbons (Fsp3) is 0.462. The van der Waals surface area contributed by atoms with Gasteiger partial charge in [0.25, 0.3) is 0 Å². The average Bonchev–Trinajstić information content (AvgIpc) is 2.22. The maximum absolute atomic E-state index is 10.5. The number of hydrogen-bond acceptors (Lipinski definition) is 2. The van der Waals surface area contributed by atoms with E-state index in [1.807, 2.05) is 13.0 Å². The van der Waals surface area contributed by atoms with Gasteiger partial charge in [0.2, 0.25) is 0 Å². The fourth-order valence-corrected chi connectivity index (χ4v) is 1.63. The van der Waals surface area contributed by atoms with Crippen molar-refractivity contribution in [3.05, 3.63) is 28.8 Å². The van der Waals surface area contributed by atoms with Crippen molar-refractivity contribution in [2.45, 2.75) is 33.1 Å². The lowest BCUT2D eigenvalue weighted by molar-refractivity contribution is -0.108.